The molecule has 1 amide bonds. The van der Waals surface area contributed by atoms with Crippen LogP contribution in [0.25, 0.3) is 32.7 Å². The van der Waals surface area contributed by atoms with Gasteiger partial charge in [0.2, 0.25) is 5.91 Å². The molecule has 34 heavy (non-hydrogen) atoms. The van der Waals surface area contributed by atoms with E-state index in [1.165, 1.54) is 27.8 Å². The average molecular weight is 526 g/mol. The summed E-state index contributed by atoms with van der Waals surface area (Å²) in [6.07, 6.45) is 0. The third kappa shape index (κ3) is 4.74. The van der Waals surface area contributed by atoms with Crippen LogP contribution in [0.3, 0.4) is 0 Å². The van der Waals surface area contributed by atoms with Crippen molar-refractivity contribution in [3.8, 4) is 22.6 Å². The maximum absolute atomic E-state index is 12.6. The van der Waals surface area contributed by atoms with Crippen LogP contribution in [0, 0.1) is 0 Å². The lowest BCUT2D eigenvalue weighted by Crippen LogP contribution is -2.15. The number of amides is 1. The van der Waals surface area contributed by atoms with Gasteiger partial charge in [0.05, 0.1) is 11.4 Å². The summed E-state index contributed by atoms with van der Waals surface area (Å²) in [6.45, 7) is 4.19. The maximum atomic E-state index is 12.6. The summed E-state index contributed by atoms with van der Waals surface area (Å²) in [5.41, 5.74) is 2.82. The summed E-state index contributed by atoms with van der Waals surface area (Å²) in [6, 6.07) is 15.9. The highest BCUT2D eigenvalue weighted by atomic mass is 35.5. The second kappa shape index (κ2) is 9.87. The fourth-order valence-electron chi connectivity index (χ4n) is 3.55. The van der Waals surface area contributed by atoms with Crippen molar-refractivity contribution in [3.05, 3.63) is 64.3 Å². The van der Waals surface area contributed by atoms with Gasteiger partial charge in [-0.1, -0.05) is 53.7 Å². The molecule has 3 aromatic heterocycles. The lowest BCUT2D eigenvalue weighted by atomic mass is 10.1. The number of nitrogens with zero attached hydrogens (tertiary/aromatic N) is 4. The highest BCUT2D eigenvalue weighted by Gasteiger charge is 2.20. The summed E-state index contributed by atoms with van der Waals surface area (Å²) < 4.78 is 3.31. The Bertz CT molecular complexity index is 1460. The Labute approximate surface area is 214 Å². The Morgan fingerprint density at radius 1 is 1.09 bits per heavy atom. The monoisotopic (exact) mass is 525 g/mol. The number of aromatic nitrogens is 4. The minimum Gasteiger partial charge on any atom is -0.301 e. The van der Waals surface area contributed by atoms with Crippen LogP contribution in [-0.4, -0.2) is 31.4 Å². The molecule has 3 heterocycles. The SMILES string of the molecule is CC(C)n1c(SCC(=O)Nc2nc(-c3ccc(Cl)cc3)cs2)nnc1-c1csc2ccccc12. The maximum Gasteiger partial charge on any atom is 0.236 e. The Balaban J connectivity index is 1.29. The molecule has 0 aliphatic heterocycles. The first-order valence-corrected chi connectivity index (χ1v) is 13.7. The number of anilines is 1. The van der Waals surface area contributed by atoms with E-state index in [0.29, 0.717) is 10.2 Å². The van der Waals surface area contributed by atoms with E-state index in [-0.39, 0.29) is 17.7 Å². The second-order valence-corrected chi connectivity index (χ2v) is 10.9. The van der Waals surface area contributed by atoms with Gasteiger partial charge < -0.3 is 5.32 Å². The molecular formula is C24H20ClN5OS3. The van der Waals surface area contributed by atoms with Gasteiger partial charge in [0, 0.05) is 43.0 Å². The number of thiazole rings is 1. The van der Waals surface area contributed by atoms with Crippen LogP contribution in [0.4, 0.5) is 5.13 Å². The fraction of sp³-hybridized carbons (Fsp3) is 0.167. The molecule has 0 spiro atoms. The predicted molar refractivity (Wildman–Crippen MR) is 143 cm³/mol. The van der Waals surface area contributed by atoms with Crippen molar-refractivity contribution in [1.29, 1.82) is 0 Å². The number of hydrogen-bond donors (Lipinski definition) is 1. The summed E-state index contributed by atoms with van der Waals surface area (Å²) in [5.74, 6) is 0.899. The van der Waals surface area contributed by atoms with Gasteiger partial charge in [0.25, 0.3) is 0 Å². The molecule has 2 aromatic carbocycles. The molecule has 0 saturated carbocycles. The molecule has 0 radical (unpaired) electrons. The van der Waals surface area contributed by atoms with Gasteiger partial charge >= 0.3 is 0 Å². The number of hydrogen-bond acceptors (Lipinski definition) is 7. The zero-order valence-electron chi connectivity index (χ0n) is 18.4. The number of carbonyl (C=O) groups excluding carboxylic acids is 1. The topological polar surface area (TPSA) is 72.7 Å². The predicted octanol–water partition coefficient (Wildman–Crippen LogP) is 7.25. The second-order valence-electron chi connectivity index (χ2n) is 7.80. The number of nitrogens with one attached hydrogen (secondary N) is 1. The Morgan fingerprint density at radius 3 is 2.68 bits per heavy atom. The third-order valence-electron chi connectivity index (χ3n) is 5.13. The number of rotatable bonds is 7. The van der Waals surface area contributed by atoms with Gasteiger partial charge in [-0.15, -0.1) is 32.9 Å². The Hall–Kier alpha value is -2.72. The number of carbonyl (C=O) groups is 1. The molecule has 0 atom stereocenters. The van der Waals surface area contributed by atoms with E-state index in [9.17, 15) is 4.79 Å². The molecule has 0 fully saturated rings. The minimum absolute atomic E-state index is 0.136. The molecular weight excluding hydrogens is 506 g/mol. The molecule has 5 aromatic rings. The molecule has 0 bridgehead atoms. The molecule has 0 saturated heterocycles. The van der Waals surface area contributed by atoms with E-state index in [1.54, 1.807) is 11.3 Å². The summed E-state index contributed by atoms with van der Waals surface area (Å²) in [5, 5.41) is 18.9. The first-order valence-electron chi connectivity index (χ1n) is 10.5. The van der Waals surface area contributed by atoms with E-state index in [4.69, 9.17) is 11.6 Å². The van der Waals surface area contributed by atoms with Gasteiger partial charge in [0.15, 0.2) is 16.1 Å². The number of thiophene rings is 1. The van der Waals surface area contributed by atoms with Crippen molar-refractivity contribution < 1.29 is 4.79 Å². The standard InChI is InChI=1S/C24H20ClN5OS3/c1-14(2)30-22(18-11-32-20-6-4-3-5-17(18)20)28-29-24(30)34-13-21(31)27-23-26-19(12-33-23)15-7-9-16(25)10-8-15/h3-12,14H,13H2,1-2H3,(H,26,27,31). The van der Waals surface area contributed by atoms with Crippen LogP contribution in [0.2, 0.25) is 5.02 Å². The zero-order valence-corrected chi connectivity index (χ0v) is 21.6. The van der Waals surface area contributed by atoms with Crippen LogP contribution < -0.4 is 5.32 Å². The van der Waals surface area contributed by atoms with Crippen molar-refractivity contribution in [2.75, 3.05) is 11.1 Å². The highest BCUT2D eigenvalue weighted by Crippen LogP contribution is 2.36. The quantitative estimate of drug-likeness (QED) is 0.226. The number of halogens is 1. The largest absolute Gasteiger partial charge is 0.301 e. The molecule has 6 nitrogen and oxygen atoms in total. The van der Waals surface area contributed by atoms with Crippen LogP contribution in [-0.2, 0) is 4.79 Å². The smallest absolute Gasteiger partial charge is 0.236 e. The molecule has 0 unspecified atom stereocenters. The van der Waals surface area contributed by atoms with Crippen molar-refractivity contribution in [2.24, 2.45) is 0 Å². The molecule has 5 rings (SSSR count). The van der Waals surface area contributed by atoms with E-state index in [1.807, 2.05) is 41.8 Å². The summed E-state index contributed by atoms with van der Waals surface area (Å²) >= 11 is 10.4. The molecule has 1 N–H and O–H groups in total. The molecule has 0 aliphatic rings. The fourth-order valence-corrected chi connectivity index (χ4v) is 6.21. The average Bonchev–Trinajstić information content (AvgIpc) is 3.56. The summed E-state index contributed by atoms with van der Waals surface area (Å²) in [4.78, 5) is 17.1. The van der Waals surface area contributed by atoms with Gasteiger partial charge in [-0.3, -0.25) is 9.36 Å². The van der Waals surface area contributed by atoms with Gasteiger partial charge in [-0.2, -0.15) is 0 Å². The van der Waals surface area contributed by atoms with Crippen LogP contribution in [0.5, 0.6) is 0 Å². The zero-order chi connectivity index (χ0) is 23.7. The van der Waals surface area contributed by atoms with Gasteiger partial charge in [-0.05, 0) is 32.0 Å². The first-order chi connectivity index (χ1) is 16.5. The number of thioether (sulfide) groups is 1. The van der Waals surface area contributed by atoms with E-state index in [0.717, 1.165) is 33.2 Å². The number of fused-ring (bicyclic) bond motifs is 1. The molecule has 0 aliphatic carbocycles. The van der Waals surface area contributed by atoms with Gasteiger partial charge in [-0.25, -0.2) is 4.98 Å². The lowest BCUT2D eigenvalue weighted by molar-refractivity contribution is -0.113. The normalized spacial score (nSPS) is 11.4. The summed E-state index contributed by atoms with van der Waals surface area (Å²) in [7, 11) is 0. The van der Waals surface area contributed by atoms with Gasteiger partial charge in [0.1, 0.15) is 0 Å². The lowest BCUT2D eigenvalue weighted by Gasteiger charge is -2.13. The number of benzene rings is 2. The van der Waals surface area contributed by atoms with Crippen molar-refractivity contribution >= 4 is 67.2 Å². The third-order valence-corrected chi connectivity index (χ3v) is 8.04. The van der Waals surface area contributed by atoms with E-state index >= 15 is 0 Å². The van der Waals surface area contributed by atoms with Crippen molar-refractivity contribution in [2.45, 2.75) is 25.0 Å². The van der Waals surface area contributed by atoms with Crippen LogP contribution in [0.15, 0.2) is 64.4 Å². The van der Waals surface area contributed by atoms with Crippen LogP contribution >= 0.6 is 46.0 Å². The minimum atomic E-state index is -0.136. The Kier molecular flexibility index (Phi) is 6.69. The van der Waals surface area contributed by atoms with Crippen molar-refractivity contribution in [3.63, 3.8) is 0 Å². The van der Waals surface area contributed by atoms with Crippen molar-refractivity contribution in [1.82, 2.24) is 19.7 Å². The highest BCUT2D eigenvalue weighted by molar-refractivity contribution is 7.99. The van der Waals surface area contributed by atoms with E-state index < -0.39 is 0 Å². The molecule has 10 heteroatoms. The molecule has 172 valence electrons. The first kappa shape index (κ1) is 23.0. The van der Waals surface area contributed by atoms with E-state index in [2.05, 4.69) is 56.4 Å². The Morgan fingerprint density at radius 2 is 1.88 bits per heavy atom. The van der Waals surface area contributed by atoms with Crippen LogP contribution in [0.1, 0.15) is 19.9 Å².